The van der Waals surface area contributed by atoms with Crippen LogP contribution in [-0.4, -0.2) is 38.0 Å². The molecule has 0 spiro atoms. The highest BCUT2D eigenvalue weighted by Gasteiger charge is 2.49. The Morgan fingerprint density at radius 3 is 2.40 bits per heavy atom. The summed E-state index contributed by atoms with van der Waals surface area (Å²) >= 11 is 0. The van der Waals surface area contributed by atoms with Gasteiger partial charge < -0.3 is 9.08 Å². The highest BCUT2D eigenvalue weighted by atomic mass is 32.2. The Morgan fingerprint density at radius 2 is 1.84 bits per heavy atom. The number of nitrogens with zero attached hydrogens (tertiary/aromatic N) is 1. The van der Waals surface area contributed by atoms with Gasteiger partial charge in [-0.05, 0) is 62.4 Å². The van der Waals surface area contributed by atoms with Crippen molar-refractivity contribution < 1.29 is 25.8 Å². The summed E-state index contributed by atoms with van der Waals surface area (Å²) in [6, 6.07) is 5.00. The zero-order valence-corrected chi connectivity index (χ0v) is 15.3. The Kier molecular flexibility index (Phi) is 6.37. The summed E-state index contributed by atoms with van der Waals surface area (Å²) in [6.45, 7) is 6.19. The lowest BCUT2D eigenvalue weighted by Crippen LogP contribution is -2.40. The van der Waals surface area contributed by atoms with Gasteiger partial charge in [0.1, 0.15) is 5.75 Å². The fourth-order valence-electron chi connectivity index (χ4n) is 3.36. The lowest BCUT2D eigenvalue weighted by atomic mass is 9.86. The highest BCUT2D eigenvalue weighted by Crippen LogP contribution is 2.34. The first kappa shape index (κ1) is 20.0. The Hall–Kier alpha value is -1.28. The summed E-state index contributed by atoms with van der Waals surface area (Å²) in [5.74, 6) is -0.203. The minimum absolute atomic E-state index is 0.203. The molecule has 1 aliphatic carbocycles. The van der Waals surface area contributed by atoms with Crippen LogP contribution < -0.4 is 4.18 Å². The third kappa shape index (κ3) is 4.67. The van der Waals surface area contributed by atoms with Gasteiger partial charge in [-0.15, -0.1) is 0 Å². The van der Waals surface area contributed by atoms with Gasteiger partial charge in [0.05, 0.1) is 0 Å². The van der Waals surface area contributed by atoms with Crippen molar-refractivity contribution in [3.63, 3.8) is 0 Å². The molecule has 0 heterocycles. The van der Waals surface area contributed by atoms with Gasteiger partial charge in [0, 0.05) is 6.04 Å². The van der Waals surface area contributed by atoms with Crippen LogP contribution in [0, 0.1) is 0 Å². The molecular weight excluding hydrogens is 355 g/mol. The molecule has 0 aliphatic heterocycles. The van der Waals surface area contributed by atoms with E-state index in [1.165, 1.54) is 6.07 Å². The molecule has 0 aromatic heterocycles. The molecule has 0 fully saturated rings. The lowest BCUT2D eigenvalue weighted by Gasteiger charge is -2.35. The van der Waals surface area contributed by atoms with Crippen molar-refractivity contribution in [1.29, 1.82) is 0 Å². The van der Waals surface area contributed by atoms with E-state index in [2.05, 4.69) is 22.9 Å². The topological polar surface area (TPSA) is 46.6 Å². The van der Waals surface area contributed by atoms with Crippen molar-refractivity contribution in [2.45, 2.75) is 57.5 Å². The van der Waals surface area contributed by atoms with Gasteiger partial charge in [0.25, 0.3) is 0 Å². The normalized spacial score (nSPS) is 18.2. The predicted molar refractivity (Wildman–Crippen MR) is 90.0 cm³/mol. The van der Waals surface area contributed by atoms with Crippen LogP contribution in [-0.2, 0) is 23.0 Å². The zero-order valence-electron chi connectivity index (χ0n) is 14.5. The Balaban J connectivity index is 2.23. The van der Waals surface area contributed by atoms with E-state index in [1.807, 2.05) is 6.07 Å². The predicted octanol–water partition coefficient (Wildman–Crippen LogP) is 3.89. The molecule has 4 nitrogen and oxygen atoms in total. The molecule has 1 unspecified atom stereocenters. The van der Waals surface area contributed by atoms with Gasteiger partial charge in [0.15, 0.2) is 0 Å². The number of halogens is 3. The highest BCUT2D eigenvalue weighted by molar-refractivity contribution is 7.88. The third-order valence-corrected chi connectivity index (χ3v) is 5.40. The Bertz CT molecular complexity index is 683. The fourth-order valence-corrected chi connectivity index (χ4v) is 3.85. The van der Waals surface area contributed by atoms with Crippen LogP contribution in [0.1, 0.15) is 44.2 Å². The minimum atomic E-state index is -5.64. The van der Waals surface area contributed by atoms with Gasteiger partial charge in [0.2, 0.25) is 0 Å². The third-order valence-electron chi connectivity index (χ3n) is 4.43. The summed E-state index contributed by atoms with van der Waals surface area (Å²) < 4.78 is 64.7. The molecular formula is C17H24F3NO3S. The molecule has 0 bridgehead atoms. The SMILES string of the molecule is CCCN(CCC)C1CCc2c(cccc2OS(=O)(=O)C(F)(F)F)C1. The summed E-state index contributed by atoms with van der Waals surface area (Å²) in [5.41, 5.74) is -3.99. The van der Waals surface area contributed by atoms with Crippen LogP contribution in [0.3, 0.4) is 0 Å². The van der Waals surface area contributed by atoms with E-state index >= 15 is 0 Å². The maximum absolute atomic E-state index is 12.6. The maximum atomic E-state index is 12.6. The van der Waals surface area contributed by atoms with E-state index in [9.17, 15) is 21.6 Å². The number of fused-ring (bicyclic) bond motifs is 1. The molecule has 142 valence electrons. The average Bonchev–Trinajstić information content (AvgIpc) is 2.53. The first-order valence-corrected chi connectivity index (χ1v) is 9.96. The standard InChI is InChI=1S/C17H24F3NO3S/c1-3-10-21(11-4-2)14-8-9-15-13(12-14)6-5-7-16(15)24-25(22,23)17(18,19)20/h5-7,14H,3-4,8-12H2,1-2H3. The molecule has 0 amide bonds. The van der Waals surface area contributed by atoms with Crippen LogP contribution in [0.5, 0.6) is 5.75 Å². The second-order valence-electron chi connectivity index (χ2n) is 6.31. The number of rotatable bonds is 7. The van der Waals surface area contributed by atoms with E-state index < -0.39 is 15.6 Å². The molecule has 1 aliphatic rings. The lowest BCUT2D eigenvalue weighted by molar-refractivity contribution is -0.0500. The minimum Gasteiger partial charge on any atom is -0.376 e. The second kappa shape index (κ2) is 7.95. The monoisotopic (exact) mass is 379 g/mol. The number of benzene rings is 1. The Morgan fingerprint density at radius 1 is 1.20 bits per heavy atom. The zero-order chi connectivity index (χ0) is 18.7. The van der Waals surface area contributed by atoms with Crippen molar-refractivity contribution in [1.82, 2.24) is 4.90 Å². The van der Waals surface area contributed by atoms with Crippen molar-refractivity contribution in [3.8, 4) is 5.75 Å². The molecule has 25 heavy (non-hydrogen) atoms. The van der Waals surface area contributed by atoms with E-state index in [-0.39, 0.29) is 5.75 Å². The van der Waals surface area contributed by atoms with E-state index in [4.69, 9.17) is 0 Å². The van der Waals surface area contributed by atoms with E-state index in [1.54, 1.807) is 6.07 Å². The summed E-state index contributed by atoms with van der Waals surface area (Å²) in [5, 5.41) is 0. The van der Waals surface area contributed by atoms with Gasteiger partial charge in [-0.1, -0.05) is 26.0 Å². The molecule has 0 radical (unpaired) electrons. The van der Waals surface area contributed by atoms with Gasteiger partial charge >= 0.3 is 15.6 Å². The summed E-state index contributed by atoms with van der Waals surface area (Å²) in [6.07, 6.45) is 4.05. The number of hydrogen-bond donors (Lipinski definition) is 0. The second-order valence-corrected chi connectivity index (χ2v) is 7.85. The molecule has 8 heteroatoms. The largest absolute Gasteiger partial charge is 0.534 e. The van der Waals surface area contributed by atoms with Gasteiger partial charge in [-0.3, -0.25) is 0 Å². The molecule has 0 saturated heterocycles. The molecule has 0 saturated carbocycles. The quantitative estimate of drug-likeness (QED) is 0.533. The first-order chi connectivity index (χ1) is 11.7. The van der Waals surface area contributed by atoms with Crippen molar-refractivity contribution in [2.24, 2.45) is 0 Å². The Labute approximate surface area is 147 Å². The summed E-state index contributed by atoms with van der Waals surface area (Å²) in [4.78, 5) is 2.41. The van der Waals surface area contributed by atoms with Crippen LogP contribution in [0.15, 0.2) is 18.2 Å². The van der Waals surface area contributed by atoms with Crippen molar-refractivity contribution in [3.05, 3.63) is 29.3 Å². The smallest absolute Gasteiger partial charge is 0.376 e. The van der Waals surface area contributed by atoms with E-state index in [0.717, 1.165) is 37.9 Å². The van der Waals surface area contributed by atoms with Gasteiger partial charge in [-0.2, -0.15) is 21.6 Å². The molecule has 1 atom stereocenters. The first-order valence-electron chi connectivity index (χ1n) is 8.55. The molecule has 1 aromatic carbocycles. The number of hydrogen-bond acceptors (Lipinski definition) is 4. The van der Waals surface area contributed by atoms with Crippen molar-refractivity contribution >= 4 is 10.1 Å². The van der Waals surface area contributed by atoms with Crippen LogP contribution in [0.2, 0.25) is 0 Å². The van der Waals surface area contributed by atoms with Crippen LogP contribution >= 0.6 is 0 Å². The maximum Gasteiger partial charge on any atom is 0.534 e. The van der Waals surface area contributed by atoms with Crippen LogP contribution in [0.4, 0.5) is 13.2 Å². The van der Waals surface area contributed by atoms with Crippen LogP contribution in [0.25, 0.3) is 0 Å². The van der Waals surface area contributed by atoms with E-state index in [0.29, 0.717) is 24.4 Å². The fraction of sp³-hybridized carbons (Fsp3) is 0.647. The molecule has 1 aromatic rings. The average molecular weight is 379 g/mol. The van der Waals surface area contributed by atoms with Gasteiger partial charge in [-0.25, -0.2) is 0 Å². The number of alkyl halides is 3. The molecule has 2 rings (SSSR count). The van der Waals surface area contributed by atoms with Crippen molar-refractivity contribution in [2.75, 3.05) is 13.1 Å². The molecule has 0 N–H and O–H groups in total. The summed E-state index contributed by atoms with van der Waals surface area (Å²) in [7, 11) is -5.64.